The Morgan fingerprint density at radius 1 is 0.587 bits per heavy atom. The lowest BCUT2D eigenvalue weighted by Gasteiger charge is -2.14. The molecule has 0 unspecified atom stereocenters. The molecule has 0 spiro atoms. The molecule has 1 N–H and O–H groups in total. The van der Waals surface area contributed by atoms with Crippen molar-refractivity contribution in [2.24, 2.45) is 0 Å². The van der Waals surface area contributed by atoms with Gasteiger partial charge in [0, 0.05) is 18.9 Å². The Hall–Kier alpha value is -2.90. The Balaban J connectivity index is 1.04. The summed E-state index contributed by atoms with van der Waals surface area (Å²) in [6.45, 7) is 4.70. The van der Waals surface area contributed by atoms with E-state index in [2.05, 4.69) is 36.5 Å². The average molecular weight is 638 g/mol. The first kappa shape index (κ1) is 37.6. The summed E-state index contributed by atoms with van der Waals surface area (Å²) in [5.41, 5.74) is 4.79. The molecule has 2 aromatic carbocycles. The molecule has 0 saturated heterocycles. The second-order valence-corrected chi connectivity index (χ2v) is 12.4. The van der Waals surface area contributed by atoms with E-state index in [-0.39, 0.29) is 18.5 Å². The van der Waals surface area contributed by atoms with Crippen molar-refractivity contribution in [3.05, 3.63) is 59.7 Å². The Bertz CT molecular complexity index is 1060. The molecule has 7 nitrogen and oxygen atoms in total. The van der Waals surface area contributed by atoms with Crippen LogP contribution in [0, 0.1) is 0 Å². The number of esters is 1. The van der Waals surface area contributed by atoms with E-state index in [0.717, 1.165) is 12.8 Å². The van der Waals surface area contributed by atoms with E-state index in [1.807, 2.05) is 24.3 Å². The molecule has 0 fully saturated rings. The summed E-state index contributed by atoms with van der Waals surface area (Å²) in [7, 11) is 0. The molecule has 7 heteroatoms. The minimum Gasteiger partial charge on any atom is -0.463 e. The number of benzene rings is 2. The topological polar surface area (TPSA) is 83.1 Å². The second-order valence-electron chi connectivity index (χ2n) is 12.4. The van der Waals surface area contributed by atoms with E-state index in [4.69, 9.17) is 18.9 Å². The van der Waals surface area contributed by atoms with Gasteiger partial charge in [0.25, 0.3) is 0 Å². The molecule has 1 aliphatic rings. The molecule has 0 saturated carbocycles. The van der Waals surface area contributed by atoms with Crippen molar-refractivity contribution < 1.29 is 28.5 Å². The summed E-state index contributed by atoms with van der Waals surface area (Å²) in [5.74, 6) is -0.103. The van der Waals surface area contributed by atoms with Crippen molar-refractivity contribution in [1.82, 2.24) is 5.32 Å². The number of nitrogens with one attached hydrogen (secondary N) is 1. The molecule has 2 aromatic rings. The van der Waals surface area contributed by atoms with Gasteiger partial charge in [-0.05, 0) is 28.7 Å². The molecule has 1 aliphatic carbocycles. The molecule has 0 aromatic heterocycles. The highest BCUT2D eigenvalue weighted by molar-refractivity contribution is 5.79. The molecule has 1 amide bonds. The number of hydrogen-bond acceptors (Lipinski definition) is 6. The van der Waals surface area contributed by atoms with Crippen molar-refractivity contribution in [1.29, 1.82) is 0 Å². The minimum absolute atomic E-state index is 0.0414. The zero-order valence-corrected chi connectivity index (χ0v) is 28.4. The first-order valence-electron chi connectivity index (χ1n) is 18.1. The van der Waals surface area contributed by atoms with Gasteiger partial charge in [-0.2, -0.15) is 0 Å². The number of unbranched alkanes of at least 4 members (excludes halogenated alkanes) is 14. The van der Waals surface area contributed by atoms with Crippen LogP contribution in [0.2, 0.25) is 0 Å². The zero-order valence-electron chi connectivity index (χ0n) is 28.4. The van der Waals surface area contributed by atoms with Crippen molar-refractivity contribution in [2.45, 2.75) is 116 Å². The highest BCUT2D eigenvalue weighted by Gasteiger charge is 2.28. The summed E-state index contributed by atoms with van der Waals surface area (Å²) in [4.78, 5) is 24.2. The van der Waals surface area contributed by atoms with Gasteiger partial charge in [0.2, 0.25) is 0 Å². The molecule has 256 valence electrons. The van der Waals surface area contributed by atoms with Gasteiger partial charge >= 0.3 is 12.1 Å². The number of carbonyl (C=O) groups excluding carboxylic acids is 2. The van der Waals surface area contributed by atoms with E-state index in [0.29, 0.717) is 46.0 Å². The van der Waals surface area contributed by atoms with Crippen molar-refractivity contribution in [3.63, 3.8) is 0 Å². The third-order valence-corrected chi connectivity index (χ3v) is 8.71. The number of amides is 1. The van der Waals surface area contributed by atoms with Crippen LogP contribution < -0.4 is 5.32 Å². The molecule has 0 heterocycles. The predicted molar refractivity (Wildman–Crippen MR) is 185 cm³/mol. The summed E-state index contributed by atoms with van der Waals surface area (Å²) < 4.78 is 21.8. The molecular formula is C39H59NO6. The Morgan fingerprint density at radius 3 is 1.63 bits per heavy atom. The van der Waals surface area contributed by atoms with Gasteiger partial charge in [-0.25, -0.2) is 4.79 Å². The Morgan fingerprint density at radius 2 is 1.07 bits per heavy atom. The van der Waals surface area contributed by atoms with Gasteiger partial charge in [0.05, 0.1) is 26.4 Å². The van der Waals surface area contributed by atoms with Crippen LogP contribution >= 0.6 is 0 Å². The van der Waals surface area contributed by atoms with Crippen molar-refractivity contribution >= 4 is 12.1 Å². The number of carbonyl (C=O) groups is 2. The fourth-order valence-electron chi connectivity index (χ4n) is 6.12. The predicted octanol–water partition coefficient (Wildman–Crippen LogP) is 9.36. The fourth-order valence-corrected chi connectivity index (χ4v) is 6.12. The van der Waals surface area contributed by atoms with E-state index in [9.17, 15) is 9.59 Å². The monoisotopic (exact) mass is 637 g/mol. The smallest absolute Gasteiger partial charge is 0.407 e. The summed E-state index contributed by atoms with van der Waals surface area (Å²) in [6, 6.07) is 16.5. The third kappa shape index (κ3) is 15.1. The van der Waals surface area contributed by atoms with E-state index >= 15 is 0 Å². The molecule has 0 aliphatic heterocycles. The van der Waals surface area contributed by atoms with Crippen LogP contribution in [0.5, 0.6) is 0 Å². The van der Waals surface area contributed by atoms with Crippen LogP contribution in [0.4, 0.5) is 4.79 Å². The minimum atomic E-state index is -0.451. The van der Waals surface area contributed by atoms with E-state index in [1.165, 1.54) is 106 Å². The standard InChI is InChI=1S/C39H59NO6/c1-2-3-4-5-6-7-8-9-10-11-12-13-14-15-16-25-38(41)45-31-30-44-29-28-43-27-26-40-39(42)46-32-37-35-23-19-17-21-33(35)34-22-18-20-24-36(34)37/h17-24,37H,2-16,25-32H2,1H3,(H,40,42). The molecule has 0 atom stereocenters. The van der Waals surface area contributed by atoms with Gasteiger partial charge in [0.1, 0.15) is 13.2 Å². The molecule has 0 bridgehead atoms. The lowest BCUT2D eigenvalue weighted by Crippen LogP contribution is -2.29. The lowest BCUT2D eigenvalue weighted by molar-refractivity contribution is -0.145. The molecule has 3 rings (SSSR count). The van der Waals surface area contributed by atoms with Crippen LogP contribution in [-0.2, 0) is 23.7 Å². The van der Waals surface area contributed by atoms with Crippen LogP contribution in [-0.4, -0.2) is 58.2 Å². The largest absolute Gasteiger partial charge is 0.463 e. The van der Waals surface area contributed by atoms with E-state index in [1.54, 1.807) is 0 Å². The number of alkyl carbamates (subject to hydrolysis) is 1. The first-order valence-corrected chi connectivity index (χ1v) is 18.1. The molecular weight excluding hydrogens is 578 g/mol. The molecule has 0 radical (unpaired) electrons. The van der Waals surface area contributed by atoms with Gasteiger partial charge < -0.3 is 24.3 Å². The summed E-state index contributed by atoms with van der Waals surface area (Å²) in [6.07, 6.45) is 19.7. The van der Waals surface area contributed by atoms with Gasteiger partial charge in [-0.3, -0.25) is 4.79 Å². The highest BCUT2D eigenvalue weighted by atomic mass is 16.6. The third-order valence-electron chi connectivity index (χ3n) is 8.71. The fraction of sp³-hybridized carbons (Fsp3) is 0.641. The number of rotatable bonds is 27. The number of ether oxygens (including phenoxy) is 4. The van der Waals surface area contributed by atoms with Gasteiger partial charge in [-0.15, -0.1) is 0 Å². The SMILES string of the molecule is CCCCCCCCCCCCCCCCCC(=O)OCCOCCOCCNC(=O)OCC1c2ccccc2-c2ccccc21. The number of hydrogen-bond donors (Lipinski definition) is 1. The maximum Gasteiger partial charge on any atom is 0.407 e. The maximum atomic E-state index is 12.2. The van der Waals surface area contributed by atoms with Gasteiger partial charge in [-0.1, -0.05) is 145 Å². The van der Waals surface area contributed by atoms with Crippen LogP contribution in [0.1, 0.15) is 127 Å². The van der Waals surface area contributed by atoms with Crippen molar-refractivity contribution in [2.75, 3.05) is 46.2 Å². The van der Waals surface area contributed by atoms with Crippen molar-refractivity contribution in [3.8, 4) is 11.1 Å². The Kier molecular flexibility index (Phi) is 19.8. The van der Waals surface area contributed by atoms with Gasteiger partial charge in [0.15, 0.2) is 0 Å². The first-order chi connectivity index (χ1) is 22.7. The quantitative estimate of drug-likeness (QED) is 0.0776. The Labute approximate surface area is 278 Å². The zero-order chi connectivity index (χ0) is 32.5. The normalized spacial score (nSPS) is 12.1. The number of fused-ring (bicyclic) bond motifs is 3. The summed E-state index contributed by atoms with van der Waals surface area (Å²) >= 11 is 0. The van der Waals surface area contributed by atoms with Crippen LogP contribution in [0.15, 0.2) is 48.5 Å². The second kappa shape index (κ2) is 24.3. The highest BCUT2D eigenvalue weighted by Crippen LogP contribution is 2.44. The van der Waals surface area contributed by atoms with Crippen LogP contribution in [0.25, 0.3) is 11.1 Å². The average Bonchev–Trinajstić information content (AvgIpc) is 3.39. The maximum absolute atomic E-state index is 12.2. The molecule has 46 heavy (non-hydrogen) atoms. The lowest BCUT2D eigenvalue weighted by atomic mass is 9.98. The van der Waals surface area contributed by atoms with E-state index < -0.39 is 6.09 Å². The van der Waals surface area contributed by atoms with Crippen LogP contribution in [0.3, 0.4) is 0 Å². The summed E-state index contributed by atoms with van der Waals surface area (Å²) in [5, 5.41) is 2.74.